The first-order chi connectivity index (χ1) is 12.1. The largest absolute Gasteiger partial charge is 0.355 e. The van der Waals surface area contributed by atoms with Crippen molar-refractivity contribution in [1.82, 2.24) is 5.32 Å². The van der Waals surface area contributed by atoms with Crippen molar-refractivity contribution >= 4 is 52.6 Å². The number of halogens is 2. The standard InChI is InChI=1S/C19H21Cl2NOS2/c20-16-6-8-18(9-7-16)25-11-2-5-19(23)22-10-12-24-14-15-3-1-4-17(21)13-15/h1,3-4,6-9,13H,2,5,10-12,14H2,(H,22,23). The highest BCUT2D eigenvalue weighted by molar-refractivity contribution is 7.99. The molecule has 0 bridgehead atoms. The van der Waals surface area contributed by atoms with Gasteiger partial charge in [0.1, 0.15) is 0 Å². The van der Waals surface area contributed by atoms with E-state index >= 15 is 0 Å². The van der Waals surface area contributed by atoms with E-state index in [1.165, 1.54) is 10.5 Å². The van der Waals surface area contributed by atoms with Crippen LogP contribution in [0.5, 0.6) is 0 Å². The Morgan fingerprint density at radius 2 is 1.80 bits per heavy atom. The average molecular weight is 414 g/mol. The molecule has 0 aliphatic carbocycles. The van der Waals surface area contributed by atoms with Crippen molar-refractivity contribution in [3.05, 3.63) is 64.1 Å². The van der Waals surface area contributed by atoms with Gasteiger partial charge in [0.25, 0.3) is 0 Å². The minimum absolute atomic E-state index is 0.125. The van der Waals surface area contributed by atoms with Crippen LogP contribution in [-0.4, -0.2) is 24.0 Å². The summed E-state index contributed by atoms with van der Waals surface area (Å²) in [7, 11) is 0. The van der Waals surface area contributed by atoms with Gasteiger partial charge in [-0.2, -0.15) is 11.8 Å². The lowest BCUT2D eigenvalue weighted by Crippen LogP contribution is -2.25. The SMILES string of the molecule is O=C(CCCSc1ccc(Cl)cc1)NCCSCc1cccc(Cl)c1. The van der Waals surface area contributed by atoms with Gasteiger partial charge in [0.05, 0.1) is 0 Å². The van der Waals surface area contributed by atoms with Crippen LogP contribution in [0.2, 0.25) is 10.0 Å². The fourth-order valence-corrected chi connectivity index (χ4v) is 4.12. The molecule has 0 atom stereocenters. The average Bonchev–Trinajstić information content (AvgIpc) is 2.60. The highest BCUT2D eigenvalue weighted by Gasteiger charge is 2.02. The van der Waals surface area contributed by atoms with E-state index in [4.69, 9.17) is 23.2 Å². The molecule has 0 spiro atoms. The summed E-state index contributed by atoms with van der Waals surface area (Å²) in [4.78, 5) is 13.0. The summed E-state index contributed by atoms with van der Waals surface area (Å²) in [6.07, 6.45) is 1.44. The van der Waals surface area contributed by atoms with Gasteiger partial charge in [-0.15, -0.1) is 11.8 Å². The molecule has 1 N–H and O–H groups in total. The molecule has 0 saturated carbocycles. The second kappa shape index (κ2) is 11.7. The normalized spacial score (nSPS) is 10.6. The molecule has 0 heterocycles. The highest BCUT2D eigenvalue weighted by Crippen LogP contribution is 2.21. The topological polar surface area (TPSA) is 29.1 Å². The Labute approximate surface area is 168 Å². The molecule has 2 rings (SSSR count). The molecule has 2 aromatic rings. The van der Waals surface area contributed by atoms with Crippen molar-refractivity contribution in [3.8, 4) is 0 Å². The van der Waals surface area contributed by atoms with Crippen molar-refractivity contribution in [3.63, 3.8) is 0 Å². The molecule has 6 heteroatoms. The maximum absolute atomic E-state index is 11.8. The van der Waals surface area contributed by atoms with Crippen LogP contribution in [0.1, 0.15) is 18.4 Å². The Kier molecular flexibility index (Phi) is 9.63. The van der Waals surface area contributed by atoms with Gasteiger partial charge in [-0.25, -0.2) is 0 Å². The van der Waals surface area contributed by atoms with Crippen LogP contribution in [-0.2, 0) is 10.5 Å². The summed E-state index contributed by atoms with van der Waals surface area (Å²) in [5.41, 5.74) is 1.21. The van der Waals surface area contributed by atoms with Crippen LogP contribution < -0.4 is 5.32 Å². The van der Waals surface area contributed by atoms with Crippen LogP contribution >= 0.6 is 46.7 Å². The highest BCUT2D eigenvalue weighted by atomic mass is 35.5. The molecule has 0 aliphatic rings. The van der Waals surface area contributed by atoms with E-state index in [1.54, 1.807) is 23.5 Å². The summed E-state index contributed by atoms with van der Waals surface area (Å²) in [5.74, 6) is 2.87. The van der Waals surface area contributed by atoms with Gasteiger partial charge in [0, 0.05) is 39.4 Å². The number of thioether (sulfide) groups is 2. The third kappa shape index (κ3) is 8.91. The lowest BCUT2D eigenvalue weighted by atomic mass is 10.2. The molecule has 2 nitrogen and oxygen atoms in total. The van der Waals surface area contributed by atoms with E-state index in [-0.39, 0.29) is 5.91 Å². The van der Waals surface area contributed by atoms with Gasteiger partial charge in [0.15, 0.2) is 0 Å². The quantitative estimate of drug-likeness (QED) is 0.387. The van der Waals surface area contributed by atoms with E-state index in [0.717, 1.165) is 33.7 Å². The van der Waals surface area contributed by atoms with Crippen molar-refractivity contribution in [2.24, 2.45) is 0 Å². The summed E-state index contributed by atoms with van der Waals surface area (Å²) in [6.45, 7) is 0.703. The van der Waals surface area contributed by atoms with Gasteiger partial charge in [-0.3, -0.25) is 4.79 Å². The maximum Gasteiger partial charge on any atom is 0.220 e. The summed E-state index contributed by atoms with van der Waals surface area (Å²) in [6, 6.07) is 15.7. The van der Waals surface area contributed by atoms with Gasteiger partial charge < -0.3 is 5.32 Å². The first-order valence-electron chi connectivity index (χ1n) is 8.11. The van der Waals surface area contributed by atoms with Gasteiger partial charge in [0.2, 0.25) is 5.91 Å². The number of benzene rings is 2. The first-order valence-corrected chi connectivity index (χ1v) is 11.0. The fraction of sp³-hybridized carbons (Fsp3) is 0.316. The number of rotatable bonds is 10. The smallest absolute Gasteiger partial charge is 0.220 e. The van der Waals surface area contributed by atoms with E-state index < -0.39 is 0 Å². The zero-order valence-corrected chi connectivity index (χ0v) is 17.0. The molecule has 134 valence electrons. The Morgan fingerprint density at radius 3 is 2.56 bits per heavy atom. The Morgan fingerprint density at radius 1 is 1.00 bits per heavy atom. The van der Waals surface area contributed by atoms with E-state index in [9.17, 15) is 4.79 Å². The van der Waals surface area contributed by atoms with Gasteiger partial charge >= 0.3 is 0 Å². The number of amides is 1. The zero-order chi connectivity index (χ0) is 17.9. The third-order valence-corrected chi connectivity index (χ3v) is 5.97. The molecule has 0 fully saturated rings. The second-order valence-electron chi connectivity index (χ2n) is 5.44. The van der Waals surface area contributed by atoms with Crippen LogP contribution in [0, 0.1) is 0 Å². The lowest BCUT2D eigenvalue weighted by molar-refractivity contribution is -0.120. The zero-order valence-electron chi connectivity index (χ0n) is 13.8. The number of carbonyl (C=O) groups is 1. The van der Waals surface area contributed by atoms with Gasteiger partial charge in [-0.05, 0) is 54.1 Å². The Balaban J connectivity index is 1.49. The van der Waals surface area contributed by atoms with Crippen LogP contribution in [0.3, 0.4) is 0 Å². The molecule has 2 aromatic carbocycles. The molecule has 0 aromatic heterocycles. The summed E-state index contributed by atoms with van der Waals surface area (Å²) >= 11 is 15.4. The monoisotopic (exact) mass is 413 g/mol. The van der Waals surface area contributed by atoms with Crippen LogP contribution in [0.15, 0.2) is 53.4 Å². The Bertz CT molecular complexity index is 665. The van der Waals surface area contributed by atoms with E-state index in [1.807, 2.05) is 42.5 Å². The maximum atomic E-state index is 11.8. The molecule has 0 aliphatic heterocycles. The molecule has 25 heavy (non-hydrogen) atoms. The summed E-state index contributed by atoms with van der Waals surface area (Å²) < 4.78 is 0. The van der Waals surface area contributed by atoms with Crippen LogP contribution in [0.25, 0.3) is 0 Å². The number of nitrogens with one attached hydrogen (secondary N) is 1. The van der Waals surface area contributed by atoms with E-state index in [2.05, 4.69) is 11.4 Å². The first kappa shape index (κ1) is 20.5. The minimum atomic E-state index is 0.125. The summed E-state index contributed by atoms with van der Waals surface area (Å²) in [5, 5.41) is 4.49. The van der Waals surface area contributed by atoms with E-state index in [0.29, 0.717) is 13.0 Å². The van der Waals surface area contributed by atoms with Crippen molar-refractivity contribution in [2.45, 2.75) is 23.5 Å². The molecular formula is C19H21Cl2NOS2. The molecule has 1 amide bonds. The molecule has 0 unspecified atom stereocenters. The third-order valence-electron chi connectivity index (χ3n) is 3.36. The predicted octanol–water partition coefficient (Wildman–Crippen LogP) is 5.92. The number of hydrogen-bond donors (Lipinski definition) is 1. The number of hydrogen-bond acceptors (Lipinski definition) is 3. The molecular weight excluding hydrogens is 393 g/mol. The Hall–Kier alpha value is -0.810. The van der Waals surface area contributed by atoms with Crippen molar-refractivity contribution < 1.29 is 4.79 Å². The fourth-order valence-electron chi connectivity index (χ4n) is 2.12. The second-order valence-corrected chi connectivity index (χ2v) is 8.58. The predicted molar refractivity (Wildman–Crippen MR) is 112 cm³/mol. The number of carbonyl (C=O) groups excluding carboxylic acids is 1. The minimum Gasteiger partial charge on any atom is -0.355 e. The van der Waals surface area contributed by atoms with Crippen molar-refractivity contribution in [2.75, 3.05) is 18.1 Å². The lowest BCUT2D eigenvalue weighted by Gasteiger charge is -2.06. The van der Waals surface area contributed by atoms with Crippen molar-refractivity contribution in [1.29, 1.82) is 0 Å². The van der Waals surface area contributed by atoms with Crippen LogP contribution in [0.4, 0.5) is 0 Å². The molecule has 0 radical (unpaired) electrons. The molecule has 0 saturated heterocycles. The van der Waals surface area contributed by atoms with Gasteiger partial charge in [-0.1, -0.05) is 35.3 Å².